The molecule has 0 amide bonds. The zero-order valence-corrected chi connectivity index (χ0v) is 7.36. The van der Waals surface area contributed by atoms with E-state index >= 15 is 0 Å². The van der Waals surface area contributed by atoms with Crippen molar-refractivity contribution in [2.45, 2.75) is 13.3 Å². The first-order valence-corrected chi connectivity index (χ1v) is 4.06. The number of rotatable bonds is 2. The van der Waals surface area contributed by atoms with Crippen molar-refractivity contribution < 1.29 is 15.3 Å². The van der Waals surface area contributed by atoms with E-state index in [1.54, 1.807) is 6.08 Å². The van der Waals surface area contributed by atoms with Crippen LogP contribution >= 0.6 is 0 Å². The lowest BCUT2D eigenvalue weighted by Crippen LogP contribution is -1.77. The Morgan fingerprint density at radius 3 is 2.15 bits per heavy atom. The smallest absolute Gasteiger partial charge is 0.130 e. The van der Waals surface area contributed by atoms with E-state index in [2.05, 4.69) is 0 Å². The maximum Gasteiger partial charge on any atom is 0.130 e. The van der Waals surface area contributed by atoms with Crippen molar-refractivity contribution in [3.8, 4) is 17.2 Å². The predicted molar refractivity (Wildman–Crippen MR) is 50.8 cm³/mol. The minimum Gasteiger partial charge on any atom is -0.508 e. The highest BCUT2D eigenvalue weighted by molar-refractivity contribution is 5.65. The summed E-state index contributed by atoms with van der Waals surface area (Å²) in [7, 11) is 0. The Labute approximate surface area is 76.6 Å². The van der Waals surface area contributed by atoms with Crippen LogP contribution in [0, 0.1) is 0 Å². The molecule has 0 unspecified atom stereocenters. The van der Waals surface area contributed by atoms with Crippen LogP contribution in [0.15, 0.2) is 18.2 Å². The third kappa shape index (κ3) is 2.15. The summed E-state index contributed by atoms with van der Waals surface area (Å²) >= 11 is 0. The van der Waals surface area contributed by atoms with Crippen LogP contribution in [0.1, 0.15) is 18.9 Å². The third-order valence-electron chi connectivity index (χ3n) is 1.64. The predicted octanol–water partition coefficient (Wildman–Crippen LogP) is 2.23. The van der Waals surface area contributed by atoms with Gasteiger partial charge in [0.05, 0.1) is 5.56 Å². The van der Waals surface area contributed by atoms with E-state index in [1.165, 1.54) is 12.1 Å². The molecule has 0 saturated heterocycles. The van der Waals surface area contributed by atoms with Crippen LogP contribution in [0.5, 0.6) is 17.2 Å². The molecule has 0 aliphatic carbocycles. The van der Waals surface area contributed by atoms with Gasteiger partial charge in [0.1, 0.15) is 17.2 Å². The highest BCUT2D eigenvalue weighted by Gasteiger charge is 2.05. The molecule has 0 spiro atoms. The quantitative estimate of drug-likeness (QED) is 0.654. The fraction of sp³-hybridized carbons (Fsp3) is 0.200. The molecule has 0 aromatic heterocycles. The second kappa shape index (κ2) is 3.85. The van der Waals surface area contributed by atoms with Crippen LogP contribution in [-0.2, 0) is 0 Å². The van der Waals surface area contributed by atoms with E-state index in [9.17, 15) is 10.2 Å². The number of phenols is 3. The zero-order valence-electron chi connectivity index (χ0n) is 7.36. The van der Waals surface area contributed by atoms with Crippen LogP contribution in [0.25, 0.3) is 6.08 Å². The van der Waals surface area contributed by atoms with Gasteiger partial charge in [0, 0.05) is 12.1 Å². The molecule has 0 fully saturated rings. The fourth-order valence-corrected chi connectivity index (χ4v) is 1.02. The third-order valence-corrected chi connectivity index (χ3v) is 1.64. The average Bonchev–Trinajstić information content (AvgIpc) is 2.02. The monoisotopic (exact) mass is 180 g/mol. The summed E-state index contributed by atoms with van der Waals surface area (Å²) in [5, 5.41) is 27.7. The molecule has 1 aromatic carbocycles. The normalized spacial score (nSPS) is 10.8. The van der Waals surface area contributed by atoms with Crippen LogP contribution in [0.4, 0.5) is 0 Å². The molecule has 0 aliphatic rings. The van der Waals surface area contributed by atoms with Crippen molar-refractivity contribution in [3.63, 3.8) is 0 Å². The first-order chi connectivity index (χ1) is 6.15. The maximum atomic E-state index is 9.33. The van der Waals surface area contributed by atoms with Crippen LogP contribution < -0.4 is 0 Å². The minimum absolute atomic E-state index is 0.123. The summed E-state index contributed by atoms with van der Waals surface area (Å²) in [4.78, 5) is 0. The molecule has 3 N–H and O–H groups in total. The molecule has 0 radical (unpaired) electrons. The molecule has 1 aromatic rings. The van der Waals surface area contributed by atoms with E-state index in [1.807, 2.05) is 13.0 Å². The molecular formula is C10H12O3. The van der Waals surface area contributed by atoms with Gasteiger partial charge in [-0.3, -0.25) is 0 Å². The van der Waals surface area contributed by atoms with Crippen molar-refractivity contribution in [1.82, 2.24) is 0 Å². The molecule has 0 heterocycles. The Morgan fingerprint density at radius 2 is 1.69 bits per heavy atom. The number of phenolic OH excluding ortho intramolecular Hbond substituents is 3. The Kier molecular flexibility index (Phi) is 2.80. The Balaban J connectivity index is 3.13. The van der Waals surface area contributed by atoms with Crippen molar-refractivity contribution in [2.24, 2.45) is 0 Å². The molecular weight excluding hydrogens is 168 g/mol. The SMILES string of the molecule is CCC=Cc1c(O)cc(O)cc1O. The standard InChI is InChI=1S/C10H12O3/c1-2-3-4-8-9(12)5-7(11)6-10(8)13/h3-6,11-13H,2H2,1H3. The van der Waals surface area contributed by atoms with E-state index in [0.717, 1.165) is 6.42 Å². The lowest BCUT2D eigenvalue weighted by molar-refractivity contribution is 0.426. The van der Waals surface area contributed by atoms with E-state index < -0.39 is 0 Å². The number of benzene rings is 1. The second-order valence-electron chi connectivity index (χ2n) is 2.71. The van der Waals surface area contributed by atoms with Crippen molar-refractivity contribution >= 4 is 6.08 Å². The summed E-state index contributed by atoms with van der Waals surface area (Å²) < 4.78 is 0. The first kappa shape index (κ1) is 9.45. The summed E-state index contributed by atoms with van der Waals surface area (Å²) in [6.07, 6.45) is 4.25. The lowest BCUT2D eigenvalue weighted by atomic mass is 10.1. The summed E-state index contributed by atoms with van der Waals surface area (Å²) in [6.45, 7) is 1.95. The lowest BCUT2D eigenvalue weighted by Gasteiger charge is -2.02. The van der Waals surface area contributed by atoms with E-state index in [4.69, 9.17) is 5.11 Å². The van der Waals surface area contributed by atoms with Gasteiger partial charge in [0.2, 0.25) is 0 Å². The summed E-state index contributed by atoms with van der Waals surface area (Å²) in [5.74, 6) is -0.395. The van der Waals surface area contributed by atoms with Gasteiger partial charge >= 0.3 is 0 Å². The molecule has 13 heavy (non-hydrogen) atoms. The number of aromatic hydroxyl groups is 3. The molecule has 3 nitrogen and oxygen atoms in total. The number of hydrogen-bond donors (Lipinski definition) is 3. The van der Waals surface area contributed by atoms with E-state index in [0.29, 0.717) is 5.56 Å². The van der Waals surface area contributed by atoms with Crippen molar-refractivity contribution in [1.29, 1.82) is 0 Å². The largest absolute Gasteiger partial charge is 0.508 e. The maximum absolute atomic E-state index is 9.33. The Bertz CT molecular complexity index is 306. The number of hydrogen-bond acceptors (Lipinski definition) is 3. The van der Waals surface area contributed by atoms with Gasteiger partial charge in [-0.25, -0.2) is 0 Å². The highest BCUT2D eigenvalue weighted by Crippen LogP contribution is 2.32. The van der Waals surface area contributed by atoms with Crippen LogP contribution in [0.3, 0.4) is 0 Å². The van der Waals surface area contributed by atoms with Gasteiger partial charge in [0.25, 0.3) is 0 Å². The van der Waals surface area contributed by atoms with Gasteiger partial charge in [-0.2, -0.15) is 0 Å². The first-order valence-electron chi connectivity index (χ1n) is 4.06. The zero-order chi connectivity index (χ0) is 9.84. The van der Waals surface area contributed by atoms with Crippen molar-refractivity contribution in [3.05, 3.63) is 23.8 Å². The topological polar surface area (TPSA) is 60.7 Å². The van der Waals surface area contributed by atoms with Gasteiger partial charge in [-0.15, -0.1) is 0 Å². The molecule has 0 atom stereocenters. The Morgan fingerprint density at radius 1 is 1.15 bits per heavy atom. The molecule has 70 valence electrons. The van der Waals surface area contributed by atoms with Crippen LogP contribution in [0.2, 0.25) is 0 Å². The number of allylic oxidation sites excluding steroid dienone is 1. The minimum atomic E-state index is -0.149. The van der Waals surface area contributed by atoms with Gasteiger partial charge in [0.15, 0.2) is 0 Å². The fourth-order valence-electron chi connectivity index (χ4n) is 1.02. The van der Waals surface area contributed by atoms with E-state index in [-0.39, 0.29) is 17.2 Å². The molecule has 3 heteroatoms. The molecule has 1 rings (SSSR count). The van der Waals surface area contributed by atoms with Gasteiger partial charge < -0.3 is 15.3 Å². The molecule has 0 bridgehead atoms. The van der Waals surface area contributed by atoms with Crippen LogP contribution in [-0.4, -0.2) is 15.3 Å². The molecule has 0 saturated carbocycles. The average molecular weight is 180 g/mol. The molecule has 0 aliphatic heterocycles. The second-order valence-corrected chi connectivity index (χ2v) is 2.71. The Hall–Kier alpha value is -1.64. The van der Waals surface area contributed by atoms with Gasteiger partial charge in [-0.05, 0) is 6.42 Å². The highest BCUT2D eigenvalue weighted by atomic mass is 16.3. The van der Waals surface area contributed by atoms with Gasteiger partial charge in [-0.1, -0.05) is 19.1 Å². The summed E-state index contributed by atoms with van der Waals surface area (Å²) in [6, 6.07) is 2.38. The summed E-state index contributed by atoms with van der Waals surface area (Å²) in [5.41, 5.74) is 0.333. The van der Waals surface area contributed by atoms with Crippen molar-refractivity contribution in [2.75, 3.05) is 0 Å².